The first-order chi connectivity index (χ1) is 14.6. The van der Waals surface area contributed by atoms with Gasteiger partial charge in [-0.05, 0) is 70.9 Å². The van der Waals surface area contributed by atoms with Crippen LogP contribution >= 0.6 is 15.9 Å². The maximum atomic E-state index is 12.6. The number of anilines is 1. The van der Waals surface area contributed by atoms with Crippen LogP contribution in [0.25, 0.3) is 22.6 Å². The number of halogens is 1. The highest BCUT2D eigenvalue weighted by Crippen LogP contribution is 2.27. The van der Waals surface area contributed by atoms with Gasteiger partial charge in [0.2, 0.25) is 5.89 Å². The molecule has 2 aromatic carbocycles. The number of oxazole rings is 1. The maximum Gasteiger partial charge on any atom is 0.255 e. The number of aromatic nitrogens is 2. The van der Waals surface area contributed by atoms with E-state index in [-0.39, 0.29) is 5.91 Å². The molecular weight excluding hydrogens is 446 g/mol. The minimum absolute atomic E-state index is 0.200. The lowest BCUT2D eigenvalue weighted by Gasteiger charge is -2.07. The zero-order valence-electron chi connectivity index (χ0n) is 16.4. The predicted molar refractivity (Wildman–Crippen MR) is 120 cm³/mol. The van der Waals surface area contributed by atoms with E-state index in [0.29, 0.717) is 34.8 Å². The molecule has 30 heavy (non-hydrogen) atoms. The summed E-state index contributed by atoms with van der Waals surface area (Å²) in [4.78, 5) is 21.2. The summed E-state index contributed by atoms with van der Waals surface area (Å²) in [5.74, 6) is 1.04. The lowest BCUT2D eigenvalue weighted by molar-refractivity contribution is 0.102. The summed E-state index contributed by atoms with van der Waals surface area (Å²) in [5, 5.41) is 2.90. The predicted octanol–water partition coefficient (Wildman–Crippen LogP) is 6.08. The number of hydrogen-bond acceptors (Lipinski definition) is 5. The average molecular weight is 466 g/mol. The first-order valence-electron chi connectivity index (χ1n) is 9.68. The molecule has 2 aromatic heterocycles. The number of nitrogens with zero attached hydrogens (tertiary/aromatic N) is 2. The van der Waals surface area contributed by atoms with Gasteiger partial charge in [0.05, 0.1) is 12.2 Å². The number of fused-ring (bicyclic) bond motifs is 1. The van der Waals surface area contributed by atoms with Gasteiger partial charge < -0.3 is 14.5 Å². The summed E-state index contributed by atoms with van der Waals surface area (Å²) in [6.45, 7) is 2.80. The molecule has 0 aliphatic heterocycles. The van der Waals surface area contributed by atoms with Crippen LogP contribution < -0.4 is 10.1 Å². The van der Waals surface area contributed by atoms with Gasteiger partial charge >= 0.3 is 0 Å². The van der Waals surface area contributed by atoms with Gasteiger partial charge in [0.15, 0.2) is 5.58 Å². The number of carbonyl (C=O) groups is 1. The van der Waals surface area contributed by atoms with Crippen molar-refractivity contribution in [3.63, 3.8) is 0 Å². The fourth-order valence-corrected chi connectivity index (χ4v) is 3.26. The van der Waals surface area contributed by atoms with E-state index in [9.17, 15) is 4.79 Å². The Hall–Kier alpha value is -3.19. The molecule has 152 valence electrons. The van der Waals surface area contributed by atoms with E-state index < -0.39 is 0 Å². The summed E-state index contributed by atoms with van der Waals surface area (Å²) in [6.07, 6.45) is 5.47. The lowest BCUT2D eigenvalue weighted by Crippen LogP contribution is -2.11. The molecule has 0 saturated heterocycles. The number of nitrogens with one attached hydrogen (secondary N) is 1. The van der Waals surface area contributed by atoms with Crippen LogP contribution in [0.5, 0.6) is 5.75 Å². The molecule has 0 aliphatic carbocycles. The first-order valence-corrected chi connectivity index (χ1v) is 10.5. The van der Waals surface area contributed by atoms with Crippen molar-refractivity contribution in [3.8, 4) is 17.2 Å². The highest BCUT2D eigenvalue weighted by molar-refractivity contribution is 9.10. The van der Waals surface area contributed by atoms with Crippen molar-refractivity contribution < 1.29 is 13.9 Å². The van der Waals surface area contributed by atoms with Crippen molar-refractivity contribution in [3.05, 3.63) is 71.0 Å². The van der Waals surface area contributed by atoms with Crippen molar-refractivity contribution in [2.45, 2.75) is 19.8 Å². The molecule has 4 rings (SSSR count). The van der Waals surface area contributed by atoms with Gasteiger partial charge in [-0.1, -0.05) is 13.3 Å². The summed E-state index contributed by atoms with van der Waals surface area (Å²) in [7, 11) is 0. The number of carbonyl (C=O) groups excluding carboxylic acids is 1. The quantitative estimate of drug-likeness (QED) is 0.334. The van der Waals surface area contributed by atoms with Gasteiger partial charge in [-0.3, -0.25) is 9.78 Å². The van der Waals surface area contributed by atoms with Gasteiger partial charge in [-0.15, -0.1) is 0 Å². The Morgan fingerprint density at radius 2 is 1.97 bits per heavy atom. The Morgan fingerprint density at radius 1 is 1.13 bits per heavy atom. The number of ether oxygens (including phenoxy) is 1. The second kappa shape index (κ2) is 9.09. The Balaban J connectivity index is 1.47. The van der Waals surface area contributed by atoms with Crippen LogP contribution in [-0.4, -0.2) is 22.5 Å². The van der Waals surface area contributed by atoms with E-state index in [1.807, 2.05) is 18.2 Å². The third-order valence-corrected chi connectivity index (χ3v) is 4.91. The van der Waals surface area contributed by atoms with Gasteiger partial charge in [0, 0.05) is 28.1 Å². The Kier molecular flexibility index (Phi) is 6.09. The Morgan fingerprint density at radius 3 is 2.73 bits per heavy atom. The number of unbranched alkanes of at least 4 members (excludes halogenated alkanes) is 1. The number of amides is 1. The molecule has 0 saturated carbocycles. The topological polar surface area (TPSA) is 77.2 Å². The molecule has 0 bridgehead atoms. The van der Waals surface area contributed by atoms with Crippen LogP contribution in [0.3, 0.4) is 0 Å². The molecule has 0 unspecified atom stereocenters. The molecule has 2 heterocycles. The monoisotopic (exact) mass is 465 g/mol. The van der Waals surface area contributed by atoms with Crippen LogP contribution in [0.2, 0.25) is 0 Å². The average Bonchev–Trinajstić information content (AvgIpc) is 3.18. The number of pyridine rings is 1. The van der Waals surface area contributed by atoms with Gasteiger partial charge in [0.25, 0.3) is 5.91 Å². The van der Waals surface area contributed by atoms with Crippen molar-refractivity contribution >= 4 is 38.6 Å². The summed E-state index contributed by atoms with van der Waals surface area (Å²) < 4.78 is 12.3. The number of hydrogen-bond donors (Lipinski definition) is 1. The van der Waals surface area contributed by atoms with E-state index in [0.717, 1.165) is 28.6 Å². The van der Waals surface area contributed by atoms with Gasteiger partial charge in [0.1, 0.15) is 11.3 Å². The summed E-state index contributed by atoms with van der Waals surface area (Å²) in [5.41, 5.74) is 3.26. The smallest absolute Gasteiger partial charge is 0.255 e. The minimum Gasteiger partial charge on any atom is -0.494 e. The molecule has 7 heteroatoms. The second-order valence-electron chi connectivity index (χ2n) is 6.77. The van der Waals surface area contributed by atoms with Crippen LogP contribution in [-0.2, 0) is 0 Å². The molecular formula is C23H20BrN3O3. The third-order valence-electron chi connectivity index (χ3n) is 4.48. The van der Waals surface area contributed by atoms with Crippen LogP contribution in [0.15, 0.2) is 69.8 Å². The van der Waals surface area contributed by atoms with E-state index in [4.69, 9.17) is 9.15 Å². The fraction of sp³-hybridized carbons (Fsp3) is 0.174. The van der Waals surface area contributed by atoms with Crippen LogP contribution in [0.1, 0.15) is 30.1 Å². The largest absolute Gasteiger partial charge is 0.494 e. The molecule has 4 aromatic rings. The fourth-order valence-electron chi connectivity index (χ4n) is 2.90. The van der Waals surface area contributed by atoms with Crippen molar-refractivity contribution in [2.24, 2.45) is 0 Å². The van der Waals surface area contributed by atoms with Crippen molar-refractivity contribution in [1.29, 1.82) is 0 Å². The third kappa shape index (κ3) is 4.68. The first kappa shape index (κ1) is 20.1. The number of benzene rings is 2. The van der Waals surface area contributed by atoms with Crippen molar-refractivity contribution in [2.75, 3.05) is 11.9 Å². The molecule has 0 atom stereocenters. The molecule has 0 radical (unpaired) electrons. The molecule has 0 aliphatic rings. The SMILES string of the molecule is CCCCOc1ccc(C(=O)Nc2ccc3oc(-c4cncc(Br)c4)nc3c2)cc1. The normalized spacial score (nSPS) is 10.9. The van der Waals surface area contributed by atoms with E-state index in [1.54, 1.807) is 42.7 Å². The molecule has 1 N–H and O–H groups in total. The molecule has 0 fully saturated rings. The lowest BCUT2D eigenvalue weighted by atomic mass is 10.2. The van der Waals surface area contributed by atoms with Gasteiger partial charge in [-0.25, -0.2) is 4.98 Å². The number of rotatable bonds is 7. The van der Waals surface area contributed by atoms with Crippen LogP contribution in [0, 0.1) is 0 Å². The minimum atomic E-state index is -0.200. The Bertz CT molecular complexity index is 1170. The van der Waals surface area contributed by atoms with Gasteiger partial charge in [-0.2, -0.15) is 0 Å². The Labute approximate surface area is 182 Å². The maximum absolute atomic E-state index is 12.6. The van der Waals surface area contributed by atoms with E-state index in [1.165, 1.54) is 0 Å². The highest BCUT2D eigenvalue weighted by atomic mass is 79.9. The molecule has 6 nitrogen and oxygen atoms in total. The highest BCUT2D eigenvalue weighted by Gasteiger charge is 2.12. The van der Waals surface area contributed by atoms with E-state index >= 15 is 0 Å². The zero-order valence-corrected chi connectivity index (χ0v) is 18.0. The van der Waals surface area contributed by atoms with E-state index in [2.05, 4.69) is 38.1 Å². The molecule has 1 amide bonds. The second-order valence-corrected chi connectivity index (χ2v) is 7.69. The summed E-state index contributed by atoms with van der Waals surface area (Å²) in [6, 6.07) is 14.4. The van der Waals surface area contributed by atoms with Crippen LogP contribution in [0.4, 0.5) is 5.69 Å². The van der Waals surface area contributed by atoms with Crippen molar-refractivity contribution in [1.82, 2.24) is 9.97 Å². The standard InChI is InChI=1S/C23H20BrN3O3/c1-2-3-10-29-19-7-4-15(5-8-19)22(28)26-18-6-9-21-20(12-18)27-23(30-21)16-11-17(24)14-25-13-16/h4-9,11-14H,2-3,10H2,1H3,(H,26,28). The zero-order chi connectivity index (χ0) is 20.9. The molecule has 0 spiro atoms. The summed E-state index contributed by atoms with van der Waals surface area (Å²) >= 11 is 3.40.